The van der Waals surface area contributed by atoms with Crippen LogP contribution in [0.25, 0.3) is 11.2 Å². The van der Waals surface area contributed by atoms with Gasteiger partial charge in [-0.1, -0.05) is 62.3 Å². The summed E-state index contributed by atoms with van der Waals surface area (Å²) < 4.78 is 30.1. The van der Waals surface area contributed by atoms with E-state index >= 15 is 0 Å². The van der Waals surface area contributed by atoms with Crippen molar-refractivity contribution in [3.8, 4) is 0 Å². The average Bonchev–Trinajstić information content (AvgIpc) is 3.32. The van der Waals surface area contributed by atoms with Crippen LogP contribution in [-0.4, -0.2) is 69.4 Å². The molecule has 0 saturated carbocycles. The van der Waals surface area contributed by atoms with Crippen molar-refractivity contribution in [1.29, 1.82) is 0 Å². The average molecular weight is 610 g/mol. The molecule has 2 aromatic rings. The van der Waals surface area contributed by atoms with Gasteiger partial charge >= 0.3 is 0 Å². The zero-order valence-electron chi connectivity index (χ0n) is 27.7. The van der Waals surface area contributed by atoms with Crippen LogP contribution in [0.5, 0.6) is 0 Å². The maximum atomic E-state index is 7.22. The van der Waals surface area contributed by atoms with Crippen molar-refractivity contribution in [3.63, 3.8) is 0 Å². The molecule has 2 N–H and O–H groups in total. The van der Waals surface area contributed by atoms with Gasteiger partial charge in [-0.2, -0.15) is 0 Å². The van der Waals surface area contributed by atoms with Crippen LogP contribution >= 0.6 is 0 Å². The quantitative estimate of drug-likeness (QED) is 0.316. The summed E-state index contributed by atoms with van der Waals surface area (Å²) in [6, 6.07) is 0. The highest BCUT2D eigenvalue weighted by Gasteiger charge is 2.55. The van der Waals surface area contributed by atoms with Gasteiger partial charge < -0.3 is 23.7 Å². The second-order valence-electron chi connectivity index (χ2n) is 15.9. The molecule has 1 aliphatic heterocycles. The SMILES string of the molecule is CC(C)(C)[Si](C)(C)OC[C@@H]1O[C@H](n2cnc3c(N)ncnc32)C(O[Si](C)(C)C(C)(C)C)C1O[Si](C)(C)C(C)(C)C. The Morgan fingerprint density at radius 1 is 0.775 bits per heavy atom. The highest BCUT2D eigenvalue weighted by Crippen LogP contribution is 2.47. The molecule has 0 bridgehead atoms. The molecule has 4 atom stereocenters. The summed E-state index contributed by atoms with van der Waals surface area (Å²) in [5.74, 6) is 0.343. The van der Waals surface area contributed by atoms with Crippen LogP contribution in [0, 0.1) is 0 Å². The maximum Gasteiger partial charge on any atom is 0.192 e. The maximum absolute atomic E-state index is 7.22. The fraction of sp³-hybridized carbons (Fsp3) is 0.821. The molecule has 40 heavy (non-hydrogen) atoms. The lowest BCUT2D eigenvalue weighted by Crippen LogP contribution is -2.54. The van der Waals surface area contributed by atoms with Gasteiger partial charge in [0.25, 0.3) is 0 Å². The van der Waals surface area contributed by atoms with Crippen LogP contribution < -0.4 is 5.73 Å². The molecule has 2 unspecified atom stereocenters. The Morgan fingerprint density at radius 2 is 1.27 bits per heavy atom. The second-order valence-corrected chi connectivity index (χ2v) is 30.2. The predicted octanol–water partition coefficient (Wildman–Crippen LogP) is 7.11. The van der Waals surface area contributed by atoms with Gasteiger partial charge in [0, 0.05) is 0 Å². The van der Waals surface area contributed by atoms with Crippen LogP contribution in [0.15, 0.2) is 12.7 Å². The first-order valence-electron chi connectivity index (χ1n) is 14.5. The van der Waals surface area contributed by atoms with Crippen molar-refractivity contribution in [2.24, 2.45) is 0 Å². The van der Waals surface area contributed by atoms with Gasteiger partial charge in [-0.05, 0) is 54.4 Å². The molecule has 12 heteroatoms. The molecule has 0 aromatic carbocycles. The fourth-order valence-corrected chi connectivity index (χ4v) is 7.55. The standard InChI is InChI=1S/C28H55N5O4Si3/c1-26(2,3)38(10,11)34-16-19-21(36-39(12,13)27(4,5)6)22(37-40(14,15)28(7,8)9)25(35-19)33-18-32-20-23(29)30-17-31-24(20)33/h17-19,21-22,25H,16H2,1-15H3,(H2,29,30,31)/t19-,21?,22?,25-/m0/s1. The number of ether oxygens (including phenoxy) is 1. The number of imidazole rings is 1. The summed E-state index contributed by atoms with van der Waals surface area (Å²) in [6.45, 7) is 34.4. The van der Waals surface area contributed by atoms with Crippen LogP contribution in [0.4, 0.5) is 5.82 Å². The van der Waals surface area contributed by atoms with Gasteiger partial charge in [0.2, 0.25) is 0 Å². The van der Waals surface area contributed by atoms with E-state index in [1.807, 2.05) is 4.57 Å². The van der Waals surface area contributed by atoms with Crippen LogP contribution in [0.1, 0.15) is 68.5 Å². The molecule has 0 amide bonds. The normalized spacial score (nSPS) is 23.8. The summed E-state index contributed by atoms with van der Waals surface area (Å²) in [7, 11) is -6.52. The third-order valence-corrected chi connectivity index (χ3v) is 23.3. The lowest BCUT2D eigenvalue weighted by Gasteiger charge is -2.44. The molecule has 3 heterocycles. The first-order chi connectivity index (χ1) is 17.9. The molecule has 228 valence electrons. The fourth-order valence-electron chi connectivity index (χ4n) is 3.93. The van der Waals surface area contributed by atoms with E-state index in [1.165, 1.54) is 6.33 Å². The highest BCUT2D eigenvalue weighted by molar-refractivity contribution is 6.75. The number of nitrogen functional groups attached to an aromatic ring is 1. The van der Waals surface area contributed by atoms with Crippen molar-refractivity contribution in [2.45, 2.75) is 141 Å². The van der Waals surface area contributed by atoms with E-state index in [9.17, 15) is 0 Å². The van der Waals surface area contributed by atoms with Gasteiger partial charge in [0.15, 0.2) is 42.6 Å². The number of aromatic nitrogens is 4. The molecule has 1 saturated heterocycles. The number of fused-ring (bicyclic) bond motifs is 1. The van der Waals surface area contributed by atoms with Crippen molar-refractivity contribution in [2.75, 3.05) is 12.3 Å². The molecule has 3 rings (SSSR count). The van der Waals surface area contributed by atoms with E-state index in [1.54, 1.807) is 6.33 Å². The number of nitrogens with zero attached hydrogens (tertiary/aromatic N) is 4. The lowest BCUT2D eigenvalue weighted by molar-refractivity contribution is -0.0470. The van der Waals surface area contributed by atoms with Crippen molar-refractivity contribution < 1.29 is 18.0 Å². The zero-order valence-corrected chi connectivity index (χ0v) is 30.7. The molecule has 0 aliphatic carbocycles. The molecule has 9 nitrogen and oxygen atoms in total. The predicted molar refractivity (Wildman–Crippen MR) is 171 cm³/mol. The monoisotopic (exact) mass is 609 g/mol. The molecular weight excluding hydrogens is 555 g/mol. The Labute approximate surface area is 245 Å². The summed E-state index contributed by atoms with van der Waals surface area (Å²) in [4.78, 5) is 13.2. The van der Waals surface area contributed by atoms with E-state index in [0.29, 0.717) is 23.6 Å². The minimum atomic E-state index is -2.25. The van der Waals surface area contributed by atoms with Gasteiger partial charge in [-0.25, -0.2) is 15.0 Å². The Bertz CT molecular complexity index is 1180. The first kappa shape index (κ1) is 33.3. The minimum absolute atomic E-state index is 0.00158. The van der Waals surface area contributed by atoms with E-state index < -0.39 is 31.2 Å². The molecule has 0 spiro atoms. The zero-order chi connectivity index (χ0) is 30.7. The molecular formula is C28H55N5O4Si3. The summed E-state index contributed by atoms with van der Waals surface area (Å²) in [5.41, 5.74) is 7.34. The third kappa shape index (κ3) is 6.57. The Balaban J connectivity index is 2.15. The number of hydrogen-bond acceptors (Lipinski definition) is 8. The Hall–Kier alpha value is -1.16. The van der Waals surface area contributed by atoms with E-state index in [4.69, 9.17) is 23.7 Å². The van der Waals surface area contributed by atoms with Gasteiger partial charge in [-0.15, -0.1) is 0 Å². The smallest absolute Gasteiger partial charge is 0.192 e. The molecule has 1 fully saturated rings. The molecule has 2 aromatic heterocycles. The number of rotatable bonds is 8. The summed E-state index contributed by atoms with van der Waals surface area (Å²) in [5, 5.41) is 0.0893. The van der Waals surface area contributed by atoms with E-state index in [-0.39, 0.29) is 33.4 Å². The van der Waals surface area contributed by atoms with Gasteiger partial charge in [-0.3, -0.25) is 4.57 Å². The topological polar surface area (TPSA) is 107 Å². The number of anilines is 1. The number of hydrogen-bond donors (Lipinski definition) is 1. The summed E-state index contributed by atoms with van der Waals surface area (Å²) >= 11 is 0. The van der Waals surface area contributed by atoms with Crippen molar-refractivity contribution in [1.82, 2.24) is 19.5 Å². The van der Waals surface area contributed by atoms with Gasteiger partial charge in [0.1, 0.15) is 30.2 Å². The first-order valence-corrected chi connectivity index (χ1v) is 23.2. The Kier molecular flexibility index (Phi) is 9.03. The van der Waals surface area contributed by atoms with Crippen LogP contribution in [0.2, 0.25) is 54.4 Å². The third-order valence-electron chi connectivity index (χ3n) is 9.84. The minimum Gasteiger partial charge on any atom is -0.414 e. The number of nitrogens with two attached hydrogens (primary N) is 1. The molecule has 1 aliphatic rings. The molecule has 0 radical (unpaired) electrons. The van der Waals surface area contributed by atoms with Crippen molar-refractivity contribution in [3.05, 3.63) is 12.7 Å². The van der Waals surface area contributed by atoms with E-state index in [0.717, 1.165) is 0 Å². The summed E-state index contributed by atoms with van der Waals surface area (Å²) in [6.07, 6.45) is 1.69. The van der Waals surface area contributed by atoms with Crippen LogP contribution in [-0.2, 0) is 18.0 Å². The lowest BCUT2D eigenvalue weighted by atomic mass is 10.1. The second kappa shape index (κ2) is 10.8. The highest BCUT2D eigenvalue weighted by atomic mass is 28.4. The van der Waals surface area contributed by atoms with Crippen molar-refractivity contribution >= 4 is 41.9 Å². The van der Waals surface area contributed by atoms with Gasteiger partial charge in [0.05, 0.1) is 12.9 Å². The Morgan fingerprint density at radius 3 is 1.77 bits per heavy atom. The largest absolute Gasteiger partial charge is 0.414 e. The van der Waals surface area contributed by atoms with E-state index in [2.05, 4.69) is 117 Å². The van der Waals surface area contributed by atoms with Crippen LogP contribution in [0.3, 0.4) is 0 Å².